The Morgan fingerprint density at radius 2 is 2.22 bits per heavy atom. The van der Waals surface area contributed by atoms with Gasteiger partial charge in [-0.25, -0.2) is 4.79 Å². The first-order valence-electron chi connectivity index (χ1n) is 5.24. The Morgan fingerprint density at radius 1 is 1.56 bits per heavy atom. The third kappa shape index (κ3) is 3.13. The van der Waals surface area contributed by atoms with E-state index in [1.165, 1.54) is 29.6 Å². The second-order valence-corrected chi connectivity index (χ2v) is 4.36. The molecule has 0 aliphatic heterocycles. The van der Waals surface area contributed by atoms with Crippen LogP contribution in [0.5, 0.6) is 0 Å². The van der Waals surface area contributed by atoms with Crippen molar-refractivity contribution in [2.45, 2.75) is 0 Å². The lowest BCUT2D eigenvalue weighted by molar-refractivity contribution is 0.689. The molecule has 0 unspecified atom stereocenters. The van der Waals surface area contributed by atoms with Gasteiger partial charge in [-0.2, -0.15) is 0 Å². The highest BCUT2D eigenvalue weighted by Crippen LogP contribution is 2.03. The average molecular weight is 268 g/mol. The maximum Gasteiger partial charge on any atom is 0.330 e. The van der Waals surface area contributed by atoms with Gasteiger partial charge in [-0.1, -0.05) is 17.8 Å². The molecule has 0 aromatic carbocycles. The summed E-state index contributed by atoms with van der Waals surface area (Å²) in [6.07, 6.45) is 4.97. The van der Waals surface area contributed by atoms with E-state index in [1.54, 1.807) is 13.1 Å². The number of amidine groups is 1. The lowest BCUT2D eigenvalue weighted by atomic mass is 10.5. The minimum absolute atomic E-state index is 0.316. The Kier molecular flexibility index (Phi) is 4.96. The van der Waals surface area contributed by atoms with Crippen molar-refractivity contribution in [1.29, 1.82) is 0 Å². The van der Waals surface area contributed by atoms with Gasteiger partial charge >= 0.3 is 5.69 Å². The van der Waals surface area contributed by atoms with E-state index in [-0.39, 0.29) is 11.2 Å². The van der Waals surface area contributed by atoms with Crippen molar-refractivity contribution in [3.05, 3.63) is 39.7 Å². The lowest BCUT2D eigenvalue weighted by Gasteiger charge is -2.09. The van der Waals surface area contributed by atoms with Crippen LogP contribution in [-0.4, -0.2) is 27.1 Å². The summed E-state index contributed by atoms with van der Waals surface area (Å²) in [6, 6.07) is 0. The van der Waals surface area contributed by atoms with Crippen molar-refractivity contribution in [2.75, 3.05) is 18.1 Å². The van der Waals surface area contributed by atoms with Crippen molar-refractivity contribution >= 4 is 22.6 Å². The minimum Gasteiger partial charge on any atom is -0.329 e. The summed E-state index contributed by atoms with van der Waals surface area (Å²) < 4.78 is 2.39. The molecule has 0 saturated heterocycles. The number of nitrogens with one attached hydrogen (secondary N) is 1. The molecular weight excluding hydrogens is 252 g/mol. The van der Waals surface area contributed by atoms with Crippen molar-refractivity contribution in [3.63, 3.8) is 0 Å². The van der Waals surface area contributed by atoms with Crippen LogP contribution in [0.1, 0.15) is 0 Å². The fourth-order valence-electron chi connectivity index (χ4n) is 1.31. The molecule has 0 atom stereocenters. The Morgan fingerprint density at radius 3 is 2.78 bits per heavy atom. The third-order valence-electron chi connectivity index (χ3n) is 2.25. The monoisotopic (exact) mass is 268 g/mol. The summed E-state index contributed by atoms with van der Waals surface area (Å²) in [7, 11) is 3.03. The van der Waals surface area contributed by atoms with E-state index < -0.39 is 0 Å². The Bertz CT molecular complexity index is 586. The zero-order valence-corrected chi connectivity index (χ0v) is 11.5. The van der Waals surface area contributed by atoms with E-state index in [1.807, 2.05) is 6.26 Å². The van der Waals surface area contributed by atoms with E-state index >= 15 is 0 Å². The molecular formula is C11H16N4O2S. The van der Waals surface area contributed by atoms with Crippen LogP contribution in [0.3, 0.4) is 0 Å². The van der Waals surface area contributed by atoms with Gasteiger partial charge in [-0.05, 0) is 6.26 Å². The van der Waals surface area contributed by atoms with E-state index in [0.717, 1.165) is 4.57 Å². The largest absolute Gasteiger partial charge is 0.330 e. The molecule has 0 aliphatic rings. The summed E-state index contributed by atoms with van der Waals surface area (Å²) in [6.45, 7) is 4.04. The van der Waals surface area contributed by atoms with Crippen LogP contribution in [0, 0.1) is 0 Å². The van der Waals surface area contributed by atoms with Crippen molar-refractivity contribution < 1.29 is 0 Å². The molecule has 7 heteroatoms. The zero-order chi connectivity index (χ0) is 13.7. The molecule has 0 saturated carbocycles. The van der Waals surface area contributed by atoms with E-state index in [2.05, 4.69) is 16.9 Å². The first-order valence-corrected chi connectivity index (χ1v) is 6.46. The number of anilines is 1. The number of aromatic nitrogens is 2. The second-order valence-electron chi connectivity index (χ2n) is 3.56. The maximum absolute atomic E-state index is 11.9. The molecule has 6 nitrogen and oxygen atoms in total. The molecule has 98 valence electrons. The molecule has 18 heavy (non-hydrogen) atoms. The van der Waals surface area contributed by atoms with Crippen LogP contribution < -0.4 is 16.6 Å². The molecule has 0 radical (unpaired) electrons. The van der Waals surface area contributed by atoms with Crippen LogP contribution in [0.2, 0.25) is 0 Å². The molecule has 1 heterocycles. The number of hydrogen-bond donors (Lipinski definition) is 1. The number of aliphatic imine (C=N–C) groups is 1. The second kappa shape index (κ2) is 6.25. The molecule has 0 amide bonds. The highest BCUT2D eigenvalue weighted by Gasteiger charge is 2.08. The minimum atomic E-state index is -0.376. The number of hydrogen-bond acceptors (Lipinski definition) is 4. The molecule has 1 N–H and O–H groups in total. The highest BCUT2D eigenvalue weighted by atomic mass is 32.2. The summed E-state index contributed by atoms with van der Waals surface area (Å²) >= 11 is 1.38. The van der Waals surface area contributed by atoms with E-state index in [9.17, 15) is 9.59 Å². The smallest absolute Gasteiger partial charge is 0.329 e. The molecule has 1 aromatic heterocycles. The van der Waals surface area contributed by atoms with Crippen LogP contribution in [-0.2, 0) is 14.1 Å². The van der Waals surface area contributed by atoms with Crippen molar-refractivity contribution in [1.82, 2.24) is 9.13 Å². The summed E-state index contributed by atoms with van der Waals surface area (Å²) in [5.74, 6) is 0. The standard InChI is InChI=1S/C11H16N4O2S/c1-5-6-12-10(18-4)13-8-7-14(2)11(17)15(3)9(8)16/h5,7H,1,6H2,2-4H3,(H,12,13). The Balaban J connectivity index is 3.16. The van der Waals surface area contributed by atoms with E-state index in [4.69, 9.17) is 0 Å². The number of rotatable bonds is 3. The van der Waals surface area contributed by atoms with E-state index in [0.29, 0.717) is 17.4 Å². The third-order valence-corrected chi connectivity index (χ3v) is 2.86. The number of nitrogens with zero attached hydrogens (tertiary/aromatic N) is 3. The molecule has 0 bridgehead atoms. The van der Waals surface area contributed by atoms with Crippen LogP contribution in [0.25, 0.3) is 0 Å². The van der Waals surface area contributed by atoms with Gasteiger partial charge < -0.3 is 9.88 Å². The van der Waals surface area contributed by atoms with Gasteiger partial charge in [0.1, 0.15) is 5.69 Å². The van der Waals surface area contributed by atoms with Crippen LogP contribution in [0.15, 0.2) is 33.4 Å². The quantitative estimate of drug-likeness (QED) is 0.489. The molecule has 1 aromatic rings. The fraction of sp³-hybridized carbons (Fsp3) is 0.364. The first kappa shape index (κ1) is 14.3. The zero-order valence-electron chi connectivity index (χ0n) is 10.6. The fourth-order valence-corrected chi connectivity index (χ4v) is 1.73. The van der Waals surface area contributed by atoms with Gasteiger partial charge in [0.25, 0.3) is 5.56 Å². The molecule has 0 aliphatic carbocycles. The van der Waals surface area contributed by atoms with Gasteiger partial charge in [0, 0.05) is 20.3 Å². The van der Waals surface area contributed by atoms with Gasteiger partial charge in [0.15, 0.2) is 5.17 Å². The lowest BCUT2D eigenvalue weighted by Crippen LogP contribution is -2.38. The molecule has 0 spiro atoms. The van der Waals surface area contributed by atoms with Crippen LogP contribution >= 0.6 is 11.8 Å². The SMILES string of the molecule is C=CCN=C(Nc1cn(C)c(=O)n(C)c1=O)SC. The summed E-state index contributed by atoms with van der Waals surface area (Å²) in [5.41, 5.74) is -0.422. The van der Waals surface area contributed by atoms with Crippen molar-refractivity contribution in [3.8, 4) is 0 Å². The molecule has 0 fully saturated rings. The average Bonchev–Trinajstić information content (AvgIpc) is 2.37. The topological polar surface area (TPSA) is 68.4 Å². The highest BCUT2D eigenvalue weighted by molar-refractivity contribution is 8.13. The molecule has 1 rings (SSSR count). The van der Waals surface area contributed by atoms with Gasteiger partial charge in [-0.3, -0.25) is 14.4 Å². The number of thioether (sulfide) groups is 1. The van der Waals surface area contributed by atoms with Gasteiger partial charge in [0.2, 0.25) is 0 Å². The predicted octanol–water partition coefficient (Wildman–Crippen LogP) is 0.401. The van der Waals surface area contributed by atoms with Gasteiger partial charge in [0.05, 0.1) is 6.54 Å². The Labute approximate surface area is 109 Å². The first-order chi connectivity index (χ1) is 8.51. The normalized spacial score (nSPS) is 11.4. The van der Waals surface area contributed by atoms with Crippen molar-refractivity contribution in [2.24, 2.45) is 19.1 Å². The number of aryl methyl sites for hydroxylation is 1. The van der Waals surface area contributed by atoms with Gasteiger partial charge in [-0.15, -0.1) is 6.58 Å². The summed E-state index contributed by atoms with van der Waals surface area (Å²) in [5, 5.41) is 3.52. The predicted molar refractivity (Wildman–Crippen MR) is 76.6 cm³/mol. The Hall–Kier alpha value is -1.76. The summed E-state index contributed by atoms with van der Waals surface area (Å²) in [4.78, 5) is 27.6. The van der Waals surface area contributed by atoms with Crippen LogP contribution in [0.4, 0.5) is 5.69 Å². The maximum atomic E-state index is 11.9.